The number of nitrogens with zero attached hydrogens (tertiary/aromatic N) is 1. The Balaban J connectivity index is 2.90. The largest absolute Gasteiger partial charge is 0.481 e. The summed E-state index contributed by atoms with van der Waals surface area (Å²) in [4.78, 5) is 16.1. The lowest BCUT2D eigenvalue weighted by Crippen LogP contribution is -2.51. The Morgan fingerprint density at radius 3 is 2.45 bits per heavy atom. The van der Waals surface area contributed by atoms with E-state index < -0.39 is 21.5 Å². The van der Waals surface area contributed by atoms with E-state index in [0.29, 0.717) is 11.6 Å². The van der Waals surface area contributed by atoms with Crippen molar-refractivity contribution in [2.75, 3.05) is 18.7 Å². The van der Waals surface area contributed by atoms with E-state index in [9.17, 15) is 13.2 Å². The number of amides is 1. The van der Waals surface area contributed by atoms with Crippen LogP contribution in [0.5, 0.6) is 5.88 Å². The number of carbonyl (C=O) groups is 1. The van der Waals surface area contributed by atoms with E-state index in [-0.39, 0.29) is 0 Å². The number of hydrogen-bond acceptors (Lipinski definition) is 5. The summed E-state index contributed by atoms with van der Waals surface area (Å²) >= 11 is 0. The summed E-state index contributed by atoms with van der Waals surface area (Å²) in [5.74, 6) is -0.0352. The maximum Gasteiger partial charge on any atom is 0.245 e. The molecule has 1 amide bonds. The van der Waals surface area contributed by atoms with Gasteiger partial charge in [-0.2, -0.15) is 0 Å². The zero-order valence-corrected chi connectivity index (χ0v) is 13.0. The molecule has 0 bridgehead atoms. The zero-order chi connectivity index (χ0) is 15.6. The number of aryl methyl sites for hydroxylation is 1. The molecule has 1 heterocycles. The smallest absolute Gasteiger partial charge is 0.245 e. The van der Waals surface area contributed by atoms with Crippen LogP contribution in [0.1, 0.15) is 19.4 Å². The normalized spacial score (nSPS) is 12.1. The number of aromatic nitrogens is 1. The van der Waals surface area contributed by atoms with Gasteiger partial charge in [0.15, 0.2) is 0 Å². The van der Waals surface area contributed by atoms with Crippen molar-refractivity contribution < 1.29 is 17.9 Å². The fourth-order valence-electron chi connectivity index (χ4n) is 1.56. The highest BCUT2D eigenvalue weighted by Crippen LogP contribution is 2.19. The highest BCUT2D eigenvalue weighted by Gasteiger charge is 2.31. The summed E-state index contributed by atoms with van der Waals surface area (Å²) in [5.41, 5.74) is -0.000482. The Kier molecular flexibility index (Phi) is 4.72. The molecule has 112 valence electrons. The summed E-state index contributed by atoms with van der Waals surface area (Å²) in [5, 5.41) is 2.64. The lowest BCUT2D eigenvalue weighted by atomic mass is 10.1. The van der Waals surface area contributed by atoms with E-state index in [0.717, 1.165) is 11.8 Å². The number of carbonyl (C=O) groups excluding carboxylic acids is 1. The average molecular weight is 301 g/mol. The number of anilines is 1. The highest BCUT2D eigenvalue weighted by atomic mass is 32.2. The van der Waals surface area contributed by atoms with E-state index in [1.807, 2.05) is 0 Å². The molecule has 0 aromatic carbocycles. The molecule has 8 heteroatoms. The van der Waals surface area contributed by atoms with Crippen molar-refractivity contribution in [3.05, 3.63) is 17.8 Å². The van der Waals surface area contributed by atoms with Crippen molar-refractivity contribution in [1.82, 2.24) is 9.71 Å². The van der Waals surface area contributed by atoms with Crippen LogP contribution in [0.15, 0.2) is 12.3 Å². The Bertz CT molecular complexity index is 611. The number of hydrogen-bond donors (Lipinski definition) is 2. The third kappa shape index (κ3) is 4.46. The second-order valence-corrected chi connectivity index (χ2v) is 6.74. The van der Waals surface area contributed by atoms with Gasteiger partial charge in [-0.05, 0) is 26.3 Å². The molecule has 20 heavy (non-hydrogen) atoms. The predicted molar refractivity (Wildman–Crippen MR) is 76.2 cm³/mol. The fourth-order valence-corrected chi connectivity index (χ4v) is 2.58. The molecule has 0 saturated carbocycles. The molecule has 1 aromatic rings. The Hall–Kier alpha value is -1.67. The molecule has 0 saturated heterocycles. The molecule has 0 spiro atoms. The van der Waals surface area contributed by atoms with E-state index in [1.54, 1.807) is 13.0 Å². The molecule has 0 fully saturated rings. The molecule has 0 unspecified atom stereocenters. The van der Waals surface area contributed by atoms with Gasteiger partial charge >= 0.3 is 0 Å². The van der Waals surface area contributed by atoms with Gasteiger partial charge in [-0.15, -0.1) is 0 Å². The molecule has 0 aliphatic rings. The fraction of sp³-hybridized carbons (Fsp3) is 0.500. The number of ether oxygens (including phenoxy) is 1. The quantitative estimate of drug-likeness (QED) is 0.833. The molecular weight excluding hydrogens is 282 g/mol. The molecular formula is C12H19N3O4S. The van der Waals surface area contributed by atoms with Crippen LogP contribution in [0.2, 0.25) is 0 Å². The van der Waals surface area contributed by atoms with Gasteiger partial charge in [-0.25, -0.2) is 18.1 Å². The third-order valence-electron chi connectivity index (χ3n) is 2.55. The number of rotatable bonds is 5. The standard InChI is InChI=1S/C12H19N3O4S/c1-8-6-10(19-4)13-7-9(8)14-11(16)12(2,3)15-20(5,17)18/h6-7,15H,1-5H3,(H,14,16). The molecule has 0 aliphatic carbocycles. The maximum atomic E-state index is 12.1. The third-order valence-corrected chi connectivity index (χ3v) is 3.43. The van der Waals surface area contributed by atoms with E-state index >= 15 is 0 Å². The first-order valence-corrected chi connectivity index (χ1v) is 7.75. The summed E-state index contributed by atoms with van der Waals surface area (Å²) in [6, 6.07) is 1.67. The van der Waals surface area contributed by atoms with Crippen LogP contribution in [0.25, 0.3) is 0 Å². The van der Waals surface area contributed by atoms with Gasteiger partial charge in [0.05, 0.1) is 25.2 Å². The van der Waals surface area contributed by atoms with Crippen LogP contribution in [-0.2, 0) is 14.8 Å². The molecule has 0 radical (unpaired) electrons. The number of pyridine rings is 1. The highest BCUT2D eigenvalue weighted by molar-refractivity contribution is 7.88. The van der Waals surface area contributed by atoms with Crippen molar-refractivity contribution >= 4 is 21.6 Å². The lowest BCUT2D eigenvalue weighted by molar-refractivity contribution is -0.120. The number of methoxy groups -OCH3 is 1. The van der Waals surface area contributed by atoms with Crippen LogP contribution in [-0.4, -0.2) is 38.2 Å². The van der Waals surface area contributed by atoms with Crippen LogP contribution in [0.4, 0.5) is 5.69 Å². The van der Waals surface area contributed by atoms with Crippen molar-refractivity contribution in [2.24, 2.45) is 0 Å². The maximum absolute atomic E-state index is 12.1. The molecule has 1 aromatic heterocycles. The second kappa shape index (κ2) is 5.76. The minimum absolute atomic E-state index is 0.439. The molecule has 0 aliphatic heterocycles. The first-order chi connectivity index (χ1) is 9.05. The monoisotopic (exact) mass is 301 g/mol. The lowest BCUT2D eigenvalue weighted by Gasteiger charge is -2.24. The Labute approximate surface area is 118 Å². The van der Waals surface area contributed by atoms with Crippen molar-refractivity contribution in [1.29, 1.82) is 0 Å². The number of nitrogens with one attached hydrogen (secondary N) is 2. The minimum atomic E-state index is -3.49. The summed E-state index contributed by atoms with van der Waals surface area (Å²) < 4.78 is 29.7. The SMILES string of the molecule is COc1cc(C)c(NC(=O)C(C)(C)NS(C)(=O)=O)cn1. The summed E-state index contributed by atoms with van der Waals surface area (Å²) in [6.07, 6.45) is 2.46. The Morgan fingerprint density at radius 2 is 2.00 bits per heavy atom. The van der Waals surface area contributed by atoms with Crippen molar-refractivity contribution in [3.8, 4) is 5.88 Å². The van der Waals surface area contributed by atoms with Gasteiger partial charge in [0.25, 0.3) is 0 Å². The average Bonchev–Trinajstić information content (AvgIpc) is 2.28. The molecule has 7 nitrogen and oxygen atoms in total. The minimum Gasteiger partial charge on any atom is -0.481 e. The van der Waals surface area contributed by atoms with Crippen LogP contribution in [0.3, 0.4) is 0 Å². The van der Waals surface area contributed by atoms with Crippen LogP contribution in [0, 0.1) is 6.92 Å². The van der Waals surface area contributed by atoms with Gasteiger partial charge in [0.2, 0.25) is 21.8 Å². The predicted octanol–water partition coefficient (Wildman–Crippen LogP) is 0.665. The molecule has 0 atom stereocenters. The topological polar surface area (TPSA) is 97.4 Å². The van der Waals surface area contributed by atoms with Gasteiger partial charge in [0, 0.05) is 6.07 Å². The van der Waals surface area contributed by atoms with Crippen molar-refractivity contribution in [3.63, 3.8) is 0 Å². The summed E-state index contributed by atoms with van der Waals surface area (Å²) in [6.45, 7) is 4.75. The van der Waals surface area contributed by atoms with E-state index in [1.165, 1.54) is 27.2 Å². The van der Waals surface area contributed by atoms with E-state index in [4.69, 9.17) is 4.74 Å². The Morgan fingerprint density at radius 1 is 1.40 bits per heavy atom. The second-order valence-electron chi connectivity index (χ2n) is 4.99. The molecule has 1 rings (SSSR count). The van der Waals surface area contributed by atoms with Crippen molar-refractivity contribution in [2.45, 2.75) is 26.3 Å². The van der Waals surface area contributed by atoms with Gasteiger partial charge in [-0.1, -0.05) is 0 Å². The van der Waals surface area contributed by atoms with Crippen LogP contribution < -0.4 is 14.8 Å². The zero-order valence-electron chi connectivity index (χ0n) is 12.1. The van der Waals surface area contributed by atoms with Gasteiger partial charge < -0.3 is 10.1 Å². The first kappa shape index (κ1) is 16.4. The number of sulfonamides is 1. The molecule has 2 N–H and O–H groups in total. The first-order valence-electron chi connectivity index (χ1n) is 5.86. The van der Waals surface area contributed by atoms with Gasteiger partial charge in [0.1, 0.15) is 5.54 Å². The van der Waals surface area contributed by atoms with E-state index in [2.05, 4.69) is 15.0 Å². The van der Waals surface area contributed by atoms with Crippen LogP contribution >= 0.6 is 0 Å². The van der Waals surface area contributed by atoms with Gasteiger partial charge in [-0.3, -0.25) is 4.79 Å². The summed E-state index contributed by atoms with van der Waals surface area (Å²) in [7, 11) is -1.99.